The molecule has 1 aliphatic carbocycles. The van der Waals surface area contributed by atoms with Crippen molar-refractivity contribution < 1.29 is 27.2 Å². The molecule has 0 radical (unpaired) electrons. The van der Waals surface area contributed by atoms with Crippen LogP contribution in [-0.2, 0) is 19.4 Å². The number of amides is 3. The number of sulfone groups is 1. The van der Waals surface area contributed by atoms with E-state index in [2.05, 4.69) is 21.7 Å². The molecule has 1 saturated carbocycles. The molecule has 0 unspecified atom stereocenters. The molecule has 2 heterocycles. The molecule has 2 aliphatic rings. The summed E-state index contributed by atoms with van der Waals surface area (Å²) in [6.45, 7) is 2.67. The van der Waals surface area contributed by atoms with Crippen LogP contribution in [0.25, 0.3) is 17.0 Å². The number of pyridine rings is 1. The molecule has 10 nitrogen and oxygen atoms in total. The lowest BCUT2D eigenvalue weighted by molar-refractivity contribution is -0.143. The topological polar surface area (TPSA) is 129 Å². The Kier molecular flexibility index (Phi) is 9.12. The van der Waals surface area contributed by atoms with E-state index in [0.29, 0.717) is 36.5 Å². The summed E-state index contributed by atoms with van der Waals surface area (Å²) in [5, 5.41) is 6.16. The summed E-state index contributed by atoms with van der Waals surface area (Å²) in [4.78, 5) is 47.6. The summed E-state index contributed by atoms with van der Waals surface area (Å²) < 4.78 is 37.9. The first kappa shape index (κ1) is 31.3. The number of hydrogen-bond donors (Lipinski definition) is 2. The fourth-order valence-electron chi connectivity index (χ4n) is 5.25. The Hall–Kier alpha value is -4.16. The average molecular weight is 622 g/mol. The molecule has 1 aromatic heterocycles. The summed E-state index contributed by atoms with van der Waals surface area (Å²) in [5.74, 6) is -1.24. The molecule has 0 bridgehead atoms. The number of nitrogens with one attached hydrogen (secondary N) is 2. The van der Waals surface area contributed by atoms with Crippen molar-refractivity contribution in [2.45, 2.75) is 36.7 Å². The van der Waals surface area contributed by atoms with E-state index in [4.69, 9.17) is 0 Å². The summed E-state index contributed by atoms with van der Waals surface area (Å²) in [7, 11) is -1.54. The standard InChI is InChI=1S/C32H36FN5O5S/c1-20(26-11-10-25(44(3,42)43)17-22(26)7-6-21-4-5-21)35-32(41)29-19-37(2)14-15-38(29)30(39)18-34-31(40)28-12-8-23-16-24(33)9-13-27(23)36-28/h6-13,16-17,20-21,29H,4-5,14-15,18-19H2,1-3H3,(H,34,40)(H,35,41)/b7-6+/t20-,29-/m0/s1. The number of piperazine rings is 1. The van der Waals surface area contributed by atoms with Crippen molar-refractivity contribution >= 4 is 44.5 Å². The number of benzene rings is 2. The minimum Gasteiger partial charge on any atom is -0.348 e. The molecule has 2 fully saturated rings. The van der Waals surface area contributed by atoms with Crippen LogP contribution >= 0.6 is 0 Å². The Morgan fingerprint density at radius 2 is 1.86 bits per heavy atom. The second kappa shape index (κ2) is 12.8. The number of hydrogen-bond acceptors (Lipinski definition) is 7. The van der Waals surface area contributed by atoms with Gasteiger partial charge in [0, 0.05) is 31.3 Å². The van der Waals surface area contributed by atoms with Crippen molar-refractivity contribution in [3.8, 4) is 0 Å². The van der Waals surface area contributed by atoms with Crippen molar-refractivity contribution in [2.75, 3.05) is 39.5 Å². The SMILES string of the molecule is C[C@H](NC(=O)[C@@H]1CN(C)CCN1C(=O)CNC(=O)c1ccc2cc(F)ccc2n1)c1ccc(S(C)(=O)=O)cc1/C=C/C1CC1. The maximum atomic E-state index is 13.6. The molecule has 2 atom stereocenters. The number of aromatic nitrogens is 1. The Labute approximate surface area is 256 Å². The van der Waals surface area contributed by atoms with Gasteiger partial charge in [-0.1, -0.05) is 24.3 Å². The molecule has 2 aromatic carbocycles. The lowest BCUT2D eigenvalue weighted by Crippen LogP contribution is -2.61. The van der Waals surface area contributed by atoms with Crippen molar-refractivity contribution in [1.82, 2.24) is 25.4 Å². The van der Waals surface area contributed by atoms with Gasteiger partial charge in [-0.3, -0.25) is 14.4 Å². The molecule has 12 heteroatoms. The first-order chi connectivity index (χ1) is 20.9. The van der Waals surface area contributed by atoms with Crippen LogP contribution in [0.4, 0.5) is 4.39 Å². The average Bonchev–Trinajstić information content (AvgIpc) is 3.82. The first-order valence-corrected chi connectivity index (χ1v) is 16.4. The van der Waals surface area contributed by atoms with E-state index in [-0.39, 0.29) is 23.0 Å². The zero-order valence-corrected chi connectivity index (χ0v) is 25.7. The van der Waals surface area contributed by atoms with Crippen LogP contribution in [0, 0.1) is 11.7 Å². The number of carbonyl (C=O) groups excluding carboxylic acids is 3. The number of allylic oxidation sites excluding steroid dienone is 1. The molecule has 1 saturated heterocycles. The molecular weight excluding hydrogens is 585 g/mol. The molecule has 3 amide bonds. The maximum Gasteiger partial charge on any atom is 0.270 e. The normalized spacial score (nSPS) is 18.4. The van der Waals surface area contributed by atoms with Gasteiger partial charge in [0.25, 0.3) is 5.91 Å². The van der Waals surface area contributed by atoms with E-state index in [0.717, 1.165) is 30.2 Å². The second-order valence-corrected chi connectivity index (χ2v) is 13.6. The highest BCUT2D eigenvalue weighted by atomic mass is 32.2. The summed E-state index contributed by atoms with van der Waals surface area (Å²) >= 11 is 0. The highest BCUT2D eigenvalue weighted by Crippen LogP contribution is 2.32. The zero-order chi connectivity index (χ0) is 31.6. The van der Waals surface area contributed by atoms with Gasteiger partial charge >= 0.3 is 0 Å². The molecule has 2 N–H and O–H groups in total. The summed E-state index contributed by atoms with van der Waals surface area (Å²) in [6.07, 6.45) is 7.35. The third kappa shape index (κ3) is 7.48. The zero-order valence-electron chi connectivity index (χ0n) is 24.9. The monoisotopic (exact) mass is 621 g/mol. The van der Waals surface area contributed by atoms with E-state index in [1.165, 1.54) is 35.2 Å². The lowest BCUT2D eigenvalue weighted by Gasteiger charge is -2.39. The van der Waals surface area contributed by atoms with Gasteiger partial charge in [0.05, 0.1) is 23.0 Å². The predicted molar refractivity (Wildman–Crippen MR) is 165 cm³/mol. The van der Waals surface area contributed by atoms with Crippen LogP contribution < -0.4 is 10.6 Å². The van der Waals surface area contributed by atoms with Gasteiger partial charge in [0.2, 0.25) is 11.8 Å². The van der Waals surface area contributed by atoms with Gasteiger partial charge in [-0.25, -0.2) is 17.8 Å². The van der Waals surface area contributed by atoms with E-state index >= 15 is 0 Å². The van der Waals surface area contributed by atoms with Crippen molar-refractivity contribution in [3.63, 3.8) is 0 Å². The highest BCUT2D eigenvalue weighted by molar-refractivity contribution is 7.90. The molecule has 5 rings (SSSR count). The predicted octanol–water partition coefficient (Wildman–Crippen LogP) is 2.95. The molecule has 232 valence electrons. The summed E-state index contributed by atoms with van der Waals surface area (Å²) in [6, 6.07) is 10.7. The highest BCUT2D eigenvalue weighted by Gasteiger charge is 2.35. The van der Waals surface area contributed by atoms with Gasteiger partial charge in [-0.15, -0.1) is 0 Å². The number of carbonyl (C=O) groups is 3. The number of halogens is 1. The molecule has 1 aliphatic heterocycles. The van der Waals surface area contributed by atoms with Gasteiger partial charge in [-0.05, 0) is 80.3 Å². The lowest BCUT2D eigenvalue weighted by atomic mass is 10.00. The first-order valence-electron chi connectivity index (χ1n) is 14.5. The Bertz CT molecular complexity index is 1740. The number of likely N-dealkylation sites (N-methyl/N-ethyl adjacent to an activating group) is 1. The van der Waals surface area contributed by atoms with Crippen LogP contribution in [0.5, 0.6) is 0 Å². The quantitative estimate of drug-likeness (QED) is 0.376. The van der Waals surface area contributed by atoms with Gasteiger partial charge in [0.15, 0.2) is 9.84 Å². The number of rotatable bonds is 9. The van der Waals surface area contributed by atoms with Crippen LogP contribution in [0.2, 0.25) is 0 Å². The van der Waals surface area contributed by atoms with Crippen LogP contribution in [0.1, 0.15) is 47.4 Å². The largest absolute Gasteiger partial charge is 0.348 e. The maximum absolute atomic E-state index is 13.6. The van der Waals surface area contributed by atoms with Gasteiger partial charge < -0.3 is 20.4 Å². The van der Waals surface area contributed by atoms with E-state index in [1.54, 1.807) is 18.2 Å². The molecular formula is C32H36FN5O5S. The third-order valence-electron chi connectivity index (χ3n) is 7.97. The smallest absolute Gasteiger partial charge is 0.270 e. The Balaban J connectivity index is 1.27. The third-order valence-corrected chi connectivity index (χ3v) is 9.08. The fourth-order valence-corrected chi connectivity index (χ4v) is 5.91. The Morgan fingerprint density at radius 1 is 1.09 bits per heavy atom. The summed E-state index contributed by atoms with van der Waals surface area (Å²) in [5.41, 5.74) is 2.03. The van der Waals surface area contributed by atoms with Crippen LogP contribution in [0.3, 0.4) is 0 Å². The second-order valence-electron chi connectivity index (χ2n) is 11.6. The van der Waals surface area contributed by atoms with E-state index in [9.17, 15) is 27.2 Å². The van der Waals surface area contributed by atoms with Crippen molar-refractivity contribution in [1.29, 1.82) is 0 Å². The van der Waals surface area contributed by atoms with E-state index in [1.807, 2.05) is 24.9 Å². The fraction of sp³-hybridized carbons (Fsp3) is 0.375. The van der Waals surface area contributed by atoms with Gasteiger partial charge in [0.1, 0.15) is 17.6 Å². The number of nitrogens with zero attached hydrogens (tertiary/aromatic N) is 3. The van der Waals surface area contributed by atoms with Gasteiger partial charge in [-0.2, -0.15) is 0 Å². The molecule has 44 heavy (non-hydrogen) atoms. The minimum atomic E-state index is -3.41. The molecule has 3 aromatic rings. The van der Waals surface area contributed by atoms with Crippen LogP contribution in [-0.4, -0.2) is 86.4 Å². The number of fused-ring (bicyclic) bond motifs is 1. The Morgan fingerprint density at radius 3 is 2.59 bits per heavy atom. The van der Waals surface area contributed by atoms with E-state index < -0.39 is 39.6 Å². The van der Waals surface area contributed by atoms with Crippen LogP contribution in [0.15, 0.2) is 59.5 Å². The minimum absolute atomic E-state index is 0.0897. The van der Waals surface area contributed by atoms with Crippen molar-refractivity contribution in [3.05, 3.63) is 77.2 Å². The van der Waals surface area contributed by atoms with Crippen molar-refractivity contribution in [2.24, 2.45) is 5.92 Å². The molecule has 0 spiro atoms.